The Morgan fingerprint density at radius 2 is 1.94 bits per heavy atom. The highest BCUT2D eigenvalue weighted by molar-refractivity contribution is 7.86. The zero-order valence-corrected chi connectivity index (χ0v) is 10.9. The smallest absolute Gasteiger partial charge is 0.334 e. The molecule has 8 heteroatoms. The van der Waals surface area contributed by atoms with Gasteiger partial charge in [0.25, 0.3) is 10.1 Å². The van der Waals surface area contributed by atoms with Gasteiger partial charge in [-0.1, -0.05) is 23.2 Å². The van der Waals surface area contributed by atoms with Crippen molar-refractivity contribution in [2.45, 2.75) is 17.9 Å². The standard InChI is InChI=1S/C9H8Cl2O5S/c1-5(9(12)13)16-17(14,15)6-2-3-7(10)8(11)4-6/h2-5H,1H3,(H,12,13). The van der Waals surface area contributed by atoms with Gasteiger partial charge in [0.15, 0.2) is 6.10 Å². The van der Waals surface area contributed by atoms with Crippen molar-refractivity contribution < 1.29 is 22.5 Å². The molecule has 0 bridgehead atoms. The van der Waals surface area contributed by atoms with E-state index >= 15 is 0 Å². The van der Waals surface area contributed by atoms with Gasteiger partial charge in [-0.05, 0) is 25.1 Å². The molecule has 0 aliphatic carbocycles. The Balaban J connectivity index is 3.05. The fraction of sp³-hybridized carbons (Fsp3) is 0.222. The van der Waals surface area contributed by atoms with Gasteiger partial charge >= 0.3 is 5.97 Å². The molecule has 94 valence electrons. The van der Waals surface area contributed by atoms with E-state index in [0.717, 1.165) is 13.0 Å². The van der Waals surface area contributed by atoms with Crippen molar-refractivity contribution in [3.05, 3.63) is 28.2 Å². The Morgan fingerprint density at radius 1 is 1.35 bits per heavy atom. The Morgan fingerprint density at radius 3 is 2.41 bits per heavy atom. The van der Waals surface area contributed by atoms with Crippen LogP contribution >= 0.6 is 23.2 Å². The fourth-order valence-corrected chi connectivity index (χ4v) is 2.35. The first-order valence-corrected chi connectivity index (χ1v) is 6.51. The molecule has 1 atom stereocenters. The van der Waals surface area contributed by atoms with E-state index in [1.54, 1.807) is 0 Å². The van der Waals surface area contributed by atoms with Gasteiger partial charge < -0.3 is 5.11 Å². The lowest BCUT2D eigenvalue weighted by atomic mass is 10.4. The van der Waals surface area contributed by atoms with Gasteiger partial charge in [-0.15, -0.1) is 0 Å². The van der Waals surface area contributed by atoms with E-state index in [9.17, 15) is 13.2 Å². The van der Waals surface area contributed by atoms with Crippen LogP contribution in [0.1, 0.15) is 6.92 Å². The molecule has 0 heterocycles. The average molecular weight is 299 g/mol. The highest BCUT2D eigenvalue weighted by atomic mass is 35.5. The van der Waals surface area contributed by atoms with E-state index in [2.05, 4.69) is 4.18 Å². The van der Waals surface area contributed by atoms with Gasteiger partial charge in [0.05, 0.1) is 14.9 Å². The molecular formula is C9H8Cl2O5S. The van der Waals surface area contributed by atoms with Crippen molar-refractivity contribution in [2.75, 3.05) is 0 Å². The number of carbonyl (C=O) groups is 1. The van der Waals surface area contributed by atoms with Crippen LogP contribution in [0.4, 0.5) is 0 Å². The lowest BCUT2D eigenvalue weighted by Crippen LogP contribution is -2.23. The van der Waals surface area contributed by atoms with Crippen LogP contribution in [0.2, 0.25) is 10.0 Å². The van der Waals surface area contributed by atoms with Crippen molar-refractivity contribution in [3.8, 4) is 0 Å². The molecule has 1 aromatic rings. The molecule has 1 unspecified atom stereocenters. The minimum Gasteiger partial charge on any atom is -0.479 e. The summed E-state index contributed by atoms with van der Waals surface area (Å²) in [7, 11) is -4.17. The number of carboxylic acid groups (broad SMARTS) is 1. The third kappa shape index (κ3) is 3.57. The monoisotopic (exact) mass is 298 g/mol. The molecule has 0 aliphatic rings. The largest absolute Gasteiger partial charge is 0.479 e. The van der Waals surface area contributed by atoms with Gasteiger partial charge in [-0.2, -0.15) is 8.42 Å². The summed E-state index contributed by atoms with van der Waals surface area (Å²) in [6.07, 6.45) is -1.48. The fourth-order valence-electron chi connectivity index (χ4n) is 0.919. The zero-order valence-electron chi connectivity index (χ0n) is 8.55. The Labute approximate surface area is 108 Å². The van der Waals surface area contributed by atoms with Crippen molar-refractivity contribution >= 4 is 39.3 Å². The van der Waals surface area contributed by atoms with Crippen LogP contribution in [0, 0.1) is 0 Å². The third-order valence-corrected chi connectivity index (χ3v) is 3.91. The normalized spacial score (nSPS) is 13.4. The molecule has 0 spiro atoms. The molecule has 0 fully saturated rings. The summed E-state index contributed by atoms with van der Waals surface area (Å²) < 4.78 is 27.7. The van der Waals surface area contributed by atoms with Crippen molar-refractivity contribution in [1.29, 1.82) is 0 Å². The van der Waals surface area contributed by atoms with Crippen molar-refractivity contribution in [1.82, 2.24) is 0 Å². The molecule has 1 aromatic carbocycles. The Bertz CT molecular complexity index is 540. The second-order valence-electron chi connectivity index (χ2n) is 3.11. The van der Waals surface area contributed by atoms with Crippen LogP contribution < -0.4 is 0 Å². The maximum absolute atomic E-state index is 11.6. The molecule has 1 rings (SSSR count). The Kier molecular flexibility index (Phi) is 4.37. The highest BCUT2D eigenvalue weighted by Crippen LogP contribution is 2.26. The van der Waals surface area contributed by atoms with Crippen LogP contribution in [-0.2, 0) is 19.1 Å². The molecule has 0 saturated carbocycles. The summed E-state index contributed by atoms with van der Waals surface area (Å²) in [4.78, 5) is 10.2. The predicted octanol–water partition coefficient (Wildman–Crippen LogP) is 2.17. The van der Waals surface area contributed by atoms with Crippen LogP contribution in [-0.4, -0.2) is 25.6 Å². The van der Waals surface area contributed by atoms with E-state index in [0.29, 0.717) is 0 Å². The first-order valence-electron chi connectivity index (χ1n) is 4.35. The van der Waals surface area contributed by atoms with Gasteiger partial charge in [0.2, 0.25) is 0 Å². The molecular weight excluding hydrogens is 291 g/mol. The van der Waals surface area contributed by atoms with E-state index in [1.165, 1.54) is 12.1 Å². The molecule has 0 aliphatic heterocycles. The van der Waals surface area contributed by atoms with E-state index < -0.39 is 22.2 Å². The van der Waals surface area contributed by atoms with Crippen LogP contribution in [0.15, 0.2) is 23.1 Å². The summed E-state index contributed by atoms with van der Waals surface area (Å²) in [5, 5.41) is 8.79. The molecule has 5 nitrogen and oxygen atoms in total. The van der Waals surface area contributed by atoms with E-state index in [4.69, 9.17) is 28.3 Å². The highest BCUT2D eigenvalue weighted by Gasteiger charge is 2.23. The van der Waals surface area contributed by atoms with Crippen LogP contribution in [0.3, 0.4) is 0 Å². The number of halogens is 2. The van der Waals surface area contributed by atoms with Gasteiger partial charge in [0, 0.05) is 0 Å². The number of carboxylic acids is 1. The summed E-state index contributed by atoms with van der Waals surface area (Å²) >= 11 is 11.3. The maximum atomic E-state index is 11.6. The lowest BCUT2D eigenvalue weighted by Gasteiger charge is -2.09. The quantitative estimate of drug-likeness (QED) is 0.862. The Hall–Kier alpha value is -0.820. The summed E-state index contributed by atoms with van der Waals surface area (Å²) in [5.41, 5.74) is 0. The lowest BCUT2D eigenvalue weighted by molar-refractivity contribution is -0.144. The van der Waals surface area contributed by atoms with Gasteiger partial charge in [-0.3, -0.25) is 4.18 Å². The predicted molar refractivity (Wildman–Crippen MR) is 61.8 cm³/mol. The van der Waals surface area contributed by atoms with Gasteiger partial charge in [0.1, 0.15) is 0 Å². The SMILES string of the molecule is CC(OS(=O)(=O)c1ccc(Cl)c(Cl)c1)C(=O)O. The first-order chi connectivity index (χ1) is 7.74. The molecule has 0 amide bonds. The molecule has 0 saturated heterocycles. The van der Waals surface area contributed by atoms with Crippen LogP contribution in [0.25, 0.3) is 0 Å². The zero-order chi connectivity index (χ0) is 13.2. The number of hydrogen-bond donors (Lipinski definition) is 1. The number of aliphatic carboxylic acids is 1. The van der Waals surface area contributed by atoms with E-state index in [-0.39, 0.29) is 14.9 Å². The summed E-state index contributed by atoms with van der Waals surface area (Å²) in [5.74, 6) is -1.38. The van der Waals surface area contributed by atoms with Crippen molar-refractivity contribution in [2.24, 2.45) is 0 Å². The summed E-state index contributed by atoms with van der Waals surface area (Å²) in [6, 6.07) is 3.55. The molecule has 0 radical (unpaired) electrons. The van der Waals surface area contributed by atoms with Crippen LogP contribution in [0.5, 0.6) is 0 Å². The third-order valence-electron chi connectivity index (χ3n) is 1.80. The molecule has 0 aromatic heterocycles. The topological polar surface area (TPSA) is 80.7 Å². The minimum absolute atomic E-state index is 0.0410. The minimum atomic E-state index is -4.17. The van der Waals surface area contributed by atoms with Crippen molar-refractivity contribution in [3.63, 3.8) is 0 Å². The van der Waals surface area contributed by atoms with Gasteiger partial charge in [-0.25, -0.2) is 4.79 Å². The first kappa shape index (κ1) is 14.2. The number of rotatable bonds is 4. The second-order valence-corrected chi connectivity index (χ2v) is 5.49. The average Bonchev–Trinajstić information content (AvgIpc) is 2.21. The number of benzene rings is 1. The van der Waals surface area contributed by atoms with E-state index in [1.807, 2.05) is 0 Å². The number of hydrogen-bond acceptors (Lipinski definition) is 4. The molecule has 17 heavy (non-hydrogen) atoms. The maximum Gasteiger partial charge on any atom is 0.334 e. The molecule has 1 N–H and O–H groups in total. The summed E-state index contributed by atoms with van der Waals surface area (Å²) in [6.45, 7) is 1.11. The second kappa shape index (κ2) is 5.22.